The van der Waals surface area contributed by atoms with Crippen molar-refractivity contribution in [2.24, 2.45) is 0 Å². The largest absolute Gasteiger partial charge is 0.487 e. The maximum atomic E-state index is 13.0. The molecule has 0 radical (unpaired) electrons. The minimum absolute atomic E-state index is 0.0615. The van der Waals surface area contributed by atoms with Crippen LogP contribution in [-0.4, -0.2) is 18.8 Å². The molecular formula is C33H46O5. The minimum atomic E-state index is -0.569. The summed E-state index contributed by atoms with van der Waals surface area (Å²) in [6, 6.07) is 5.41. The van der Waals surface area contributed by atoms with E-state index in [2.05, 4.69) is 53.7 Å². The van der Waals surface area contributed by atoms with Crippen LogP contribution in [-0.2, 0) is 0 Å². The van der Waals surface area contributed by atoms with Crippen LogP contribution >= 0.6 is 0 Å². The average molecular weight is 523 g/mol. The van der Waals surface area contributed by atoms with Crippen molar-refractivity contribution in [1.82, 2.24) is 0 Å². The van der Waals surface area contributed by atoms with Crippen LogP contribution in [0.5, 0.6) is 17.2 Å². The molecular weight excluding hydrogens is 476 g/mol. The molecule has 0 saturated heterocycles. The van der Waals surface area contributed by atoms with Crippen LogP contribution in [0.4, 0.5) is 0 Å². The Labute approximate surface area is 228 Å². The van der Waals surface area contributed by atoms with E-state index in [1.54, 1.807) is 6.07 Å². The summed E-state index contributed by atoms with van der Waals surface area (Å²) in [4.78, 5) is 13.0. The summed E-state index contributed by atoms with van der Waals surface area (Å²) in [5, 5.41) is 0.594. The summed E-state index contributed by atoms with van der Waals surface area (Å²) in [6.45, 7) is 19.0. The summed E-state index contributed by atoms with van der Waals surface area (Å²) in [7, 11) is 0. The third kappa shape index (κ3) is 10.6. The second kappa shape index (κ2) is 14.7. The number of ether oxygens (including phenoxy) is 3. The molecule has 0 N–H and O–H groups in total. The second-order valence-electron chi connectivity index (χ2n) is 11.3. The lowest BCUT2D eigenvalue weighted by Gasteiger charge is -2.23. The van der Waals surface area contributed by atoms with E-state index < -0.39 is 11.2 Å². The molecule has 1 aromatic heterocycles. The first kappa shape index (κ1) is 31.0. The van der Waals surface area contributed by atoms with Crippen molar-refractivity contribution in [3.8, 4) is 17.2 Å². The van der Waals surface area contributed by atoms with E-state index in [0.29, 0.717) is 29.1 Å². The second-order valence-corrected chi connectivity index (χ2v) is 11.3. The van der Waals surface area contributed by atoms with Crippen molar-refractivity contribution >= 4 is 11.0 Å². The van der Waals surface area contributed by atoms with Crippen molar-refractivity contribution < 1.29 is 18.6 Å². The molecule has 0 bridgehead atoms. The zero-order valence-electron chi connectivity index (χ0n) is 24.8. The Morgan fingerprint density at radius 3 is 1.82 bits per heavy atom. The number of allylic oxidation sites excluding steroid dienone is 6. The van der Waals surface area contributed by atoms with Gasteiger partial charge < -0.3 is 18.6 Å². The predicted octanol–water partition coefficient (Wildman–Crippen LogP) is 9.11. The fourth-order valence-electron chi connectivity index (χ4n) is 3.77. The molecule has 0 aliphatic rings. The zero-order chi connectivity index (χ0) is 28.3. The molecule has 0 fully saturated rings. The fourth-order valence-corrected chi connectivity index (χ4v) is 3.77. The van der Waals surface area contributed by atoms with Gasteiger partial charge in [-0.15, -0.1) is 0 Å². The van der Waals surface area contributed by atoms with E-state index in [-0.39, 0.29) is 12.4 Å². The Morgan fingerprint density at radius 2 is 1.32 bits per heavy atom. The first-order chi connectivity index (χ1) is 17.9. The van der Waals surface area contributed by atoms with Gasteiger partial charge in [0.1, 0.15) is 35.5 Å². The van der Waals surface area contributed by atoms with Crippen LogP contribution in [0.25, 0.3) is 11.0 Å². The molecule has 0 spiro atoms. The van der Waals surface area contributed by atoms with E-state index in [9.17, 15) is 4.79 Å². The van der Waals surface area contributed by atoms with E-state index in [4.69, 9.17) is 18.6 Å². The Kier molecular flexibility index (Phi) is 12.0. The van der Waals surface area contributed by atoms with Gasteiger partial charge in [0.2, 0.25) is 5.75 Å². The first-order valence-corrected chi connectivity index (χ1v) is 13.5. The van der Waals surface area contributed by atoms with Crippen LogP contribution < -0.4 is 19.8 Å². The lowest BCUT2D eigenvalue weighted by atomic mass is 10.1. The highest BCUT2D eigenvalue weighted by Crippen LogP contribution is 2.40. The van der Waals surface area contributed by atoms with Crippen LogP contribution in [0, 0.1) is 0 Å². The number of hydrogen-bond donors (Lipinski definition) is 0. The molecule has 208 valence electrons. The third-order valence-electron chi connectivity index (χ3n) is 5.73. The van der Waals surface area contributed by atoms with Gasteiger partial charge in [-0.3, -0.25) is 0 Å². The predicted molar refractivity (Wildman–Crippen MR) is 159 cm³/mol. The average Bonchev–Trinajstić information content (AvgIpc) is 2.79. The number of hydrogen-bond acceptors (Lipinski definition) is 5. The third-order valence-corrected chi connectivity index (χ3v) is 5.73. The summed E-state index contributed by atoms with van der Waals surface area (Å²) in [6.07, 6.45) is 12.3. The topological polar surface area (TPSA) is 57.9 Å². The molecule has 0 amide bonds. The van der Waals surface area contributed by atoms with Crippen molar-refractivity contribution in [2.45, 2.75) is 93.6 Å². The van der Waals surface area contributed by atoms with Gasteiger partial charge in [-0.05, 0) is 112 Å². The smallest absolute Gasteiger partial charge is 0.383 e. The highest BCUT2D eigenvalue weighted by Gasteiger charge is 2.23. The van der Waals surface area contributed by atoms with Crippen molar-refractivity contribution in [1.29, 1.82) is 0 Å². The van der Waals surface area contributed by atoms with Gasteiger partial charge in [-0.2, -0.15) is 0 Å². The van der Waals surface area contributed by atoms with Crippen LogP contribution in [0.15, 0.2) is 74.0 Å². The Morgan fingerprint density at radius 1 is 0.789 bits per heavy atom. The molecule has 2 rings (SSSR count). The van der Waals surface area contributed by atoms with Gasteiger partial charge >= 0.3 is 5.63 Å². The number of rotatable bonds is 13. The molecule has 2 aromatic rings. The molecule has 5 nitrogen and oxygen atoms in total. The highest BCUT2D eigenvalue weighted by molar-refractivity contribution is 5.91. The molecule has 0 saturated carbocycles. The minimum Gasteiger partial charge on any atom is -0.487 e. The summed E-state index contributed by atoms with van der Waals surface area (Å²) < 4.78 is 24.1. The molecule has 0 unspecified atom stereocenters. The standard InChI is InChI=1S/C33H46O5/c1-23(2)13-10-15-25(5)19-21-35-30-29-27(17-12-18-28(29)38-33(7,8)9)37-32(34)31(30)36-22-20-26(6)16-11-14-24(3)4/h12-14,17-20H,10-11,15-16,21-22H2,1-9H3. The Bertz CT molecular complexity index is 1240. The number of benzene rings is 1. The van der Waals surface area contributed by atoms with Gasteiger partial charge in [0.15, 0.2) is 5.75 Å². The summed E-state index contributed by atoms with van der Waals surface area (Å²) in [5.74, 6) is 0.989. The summed E-state index contributed by atoms with van der Waals surface area (Å²) in [5.41, 5.74) is 4.41. The van der Waals surface area contributed by atoms with Gasteiger partial charge in [0.25, 0.3) is 0 Å². The molecule has 0 atom stereocenters. The van der Waals surface area contributed by atoms with Crippen LogP contribution in [0.3, 0.4) is 0 Å². The lowest BCUT2D eigenvalue weighted by Crippen LogP contribution is -2.23. The van der Waals surface area contributed by atoms with Crippen molar-refractivity contribution in [3.05, 3.63) is 75.2 Å². The van der Waals surface area contributed by atoms with Gasteiger partial charge in [0, 0.05) is 0 Å². The monoisotopic (exact) mass is 522 g/mol. The van der Waals surface area contributed by atoms with E-state index in [0.717, 1.165) is 25.7 Å². The lowest BCUT2D eigenvalue weighted by molar-refractivity contribution is 0.132. The van der Waals surface area contributed by atoms with Gasteiger partial charge in [-0.1, -0.05) is 40.5 Å². The molecule has 0 aliphatic heterocycles. The molecule has 1 aromatic carbocycles. The van der Waals surface area contributed by atoms with Crippen LogP contribution in [0.1, 0.15) is 88.0 Å². The Hall–Kier alpha value is -3.21. The molecule has 0 aliphatic carbocycles. The van der Waals surface area contributed by atoms with E-state index in [1.807, 2.05) is 45.1 Å². The molecule has 1 heterocycles. The number of fused-ring (bicyclic) bond motifs is 1. The van der Waals surface area contributed by atoms with Crippen molar-refractivity contribution in [3.63, 3.8) is 0 Å². The quantitative estimate of drug-likeness (QED) is 0.194. The highest BCUT2D eigenvalue weighted by atomic mass is 16.5. The SMILES string of the molecule is CC(C)=CCCC(C)=CCOc1c(OCC=C(C)CCC=C(C)C)c2c(OC(C)(C)C)cccc2oc1=O. The van der Waals surface area contributed by atoms with E-state index >= 15 is 0 Å². The van der Waals surface area contributed by atoms with Crippen molar-refractivity contribution in [2.75, 3.05) is 13.2 Å². The fraction of sp³-hybridized carbons (Fsp3) is 0.485. The van der Waals surface area contributed by atoms with Gasteiger partial charge in [-0.25, -0.2) is 4.79 Å². The van der Waals surface area contributed by atoms with Gasteiger partial charge in [0.05, 0.1) is 0 Å². The maximum Gasteiger partial charge on any atom is 0.383 e. The zero-order valence-corrected chi connectivity index (χ0v) is 24.8. The summed E-state index contributed by atoms with van der Waals surface area (Å²) >= 11 is 0. The molecule has 38 heavy (non-hydrogen) atoms. The maximum absolute atomic E-state index is 13.0. The normalized spacial score (nSPS) is 12.3. The van der Waals surface area contributed by atoms with Crippen LogP contribution in [0.2, 0.25) is 0 Å². The first-order valence-electron chi connectivity index (χ1n) is 13.5. The van der Waals surface area contributed by atoms with E-state index in [1.165, 1.54) is 22.3 Å². The molecule has 5 heteroatoms. The Balaban J connectivity index is 2.41.